The van der Waals surface area contributed by atoms with Crippen LogP contribution in [0.5, 0.6) is 0 Å². The molecule has 0 amide bonds. The lowest BCUT2D eigenvalue weighted by Gasteiger charge is -2.29. The maximum atomic E-state index is 4.34. The van der Waals surface area contributed by atoms with Gasteiger partial charge in [-0.15, -0.1) is 0 Å². The Morgan fingerprint density at radius 2 is 2.21 bits per heavy atom. The van der Waals surface area contributed by atoms with E-state index in [0.29, 0.717) is 6.04 Å². The van der Waals surface area contributed by atoms with Crippen molar-refractivity contribution in [3.8, 4) is 0 Å². The monoisotopic (exact) mass is 193 g/mol. The van der Waals surface area contributed by atoms with E-state index in [1.54, 1.807) is 0 Å². The summed E-state index contributed by atoms with van der Waals surface area (Å²) in [5.74, 6) is 1.80. The maximum Gasteiger partial charge on any atom is 0.148 e. The summed E-state index contributed by atoms with van der Waals surface area (Å²) in [6, 6.07) is 2.67. The minimum atomic E-state index is 0.624. The fraction of sp³-hybridized carbons (Fsp3) is 0.727. The van der Waals surface area contributed by atoms with Crippen LogP contribution in [-0.4, -0.2) is 15.8 Å². The van der Waals surface area contributed by atoms with Crippen LogP contribution < -0.4 is 5.32 Å². The third kappa shape index (κ3) is 2.08. The zero-order chi connectivity index (χ0) is 9.97. The molecule has 1 aliphatic rings. The average Bonchev–Trinajstić information content (AvgIpc) is 2.56. The number of rotatable bonds is 2. The van der Waals surface area contributed by atoms with Crippen LogP contribution in [-0.2, 0) is 7.05 Å². The van der Waals surface area contributed by atoms with E-state index in [0.717, 1.165) is 11.7 Å². The summed E-state index contributed by atoms with van der Waals surface area (Å²) in [6.45, 7) is 2.33. The van der Waals surface area contributed by atoms with Crippen LogP contribution in [0.3, 0.4) is 0 Å². The Hall–Kier alpha value is -0.990. The molecule has 1 aromatic rings. The van der Waals surface area contributed by atoms with Crippen molar-refractivity contribution in [1.29, 1.82) is 0 Å². The molecule has 0 aliphatic heterocycles. The minimum absolute atomic E-state index is 0.624. The van der Waals surface area contributed by atoms with Crippen molar-refractivity contribution < 1.29 is 0 Å². The van der Waals surface area contributed by atoms with Gasteiger partial charge < -0.3 is 5.32 Å². The fourth-order valence-corrected chi connectivity index (χ4v) is 2.21. The molecule has 3 heteroatoms. The summed E-state index contributed by atoms with van der Waals surface area (Å²) in [5.41, 5.74) is 0. The van der Waals surface area contributed by atoms with Crippen molar-refractivity contribution in [2.45, 2.75) is 38.6 Å². The highest BCUT2D eigenvalue weighted by Gasteiger charge is 2.21. The molecule has 3 nitrogen and oxygen atoms in total. The predicted octanol–water partition coefficient (Wildman–Crippen LogP) is 2.41. The van der Waals surface area contributed by atoms with E-state index in [1.807, 2.05) is 24.0 Å². The summed E-state index contributed by atoms with van der Waals surface area (Å²) in [7, 11) is 1.95. The standard InChI is InChI=1S/C11H19N3/c1-9-5-3-4-6-10(9)12-11-7-8-14(2)13-11/h7-10H,3-6H2,1-2H3,(H,12,13)/t9-,10+/m1/s1. The van der Waals surface area contributed by atoms with Gasteiger partial charge in [-0.25, -0.2) is 0 Å². The van der Waals surface area contributed by atoms with Gasteiger partial charge in [-0.1, -0.05) is 19.8 Å². The second kappa shape index (κ2) is 4.03. The number of nitrogens with zero attached hydrogens (tertiary/aromatic N) is 2. The Labute approximate surface area is 85.5 Å². The number of hydrogen-bond donors (Lipinski definition) is 1. The Bertz CT molecular complexity index is 292. The van der Waals surface area contributed by atoms with Gasteiger partial charge in [0.15, 0.2) is 0 Å². The third-order valence-electron chi connectivity index (χ3n) is 3.16. The van der Waals surface area contributed by atoms with Crippen molar-refractivity contribution in [3.05, 3.63) is 12.3 Å². The molecule has 1 N–H and O–H groups in total. The summed E-state index contributed by atoms with van der Waals surface area (Å²) in [6.07, 6.45) is 7.37. The van der Waals surface area contributed by atoms with Crippen LogP contribution in [0, 0.1) is 5.92 Å². The molecule has 1 saturated carbocycles. The van der Waals surface area contributed by atoms with Gasteiger partial charge >= 0.3 is 0 Å². The third-order valence-corrected chi connectivity index (χ3v) is 3.16. The fourth-order valence-electron chi connectivity index (χ4n) is 2.21. The van der Waals surface area contributed by atoms with Gasteiger partial charge in [0.1, 0.15) is 5.82 Å². The van der Waals surface area contributed by atoms with Gasteiger partial charge in [0, 0.05) is 25.4 Å². The van der Waals surface area contributed by atoms with Crippen LogP contribution in [0.1, 0.15) is 32.6 Å². The van der Waals surface area contributed by atoms with E-state index in [4.69, 9.17) is 0 Å². The molecule has 2 rings (SSSR count). The lowest BCUT2D eigenvalue weighted by Crippen LogP contribution is -2.30. The molecular weight excluding hydrogens is 174 g/mol. The van der Waals surface area contributed by atoms with Crippen molar-refractivity contribution in [1.82, 2.24) is 9.78 Å². The van der Waals surface area contributed by atoms with E-state index >= 15 is 0 Å². The first-order valence-electron chi connectivity index (χ1n) is 5.52. The average molecular weight is 193 g/mol. The molecule has 0 spiro atoms. The molecule has 1 heterocycles. The summed E-state index contributed by atoms with van der Waals surface area (Å²) in [4.78, 5) is 0. The molecule has 0 unspecified atom stereocenters. The zero-order valence-electron chi connectivity index (χ0n) is 9.03. The number of anilines is 1. The van der Waals surface area contributed by atoms with Gasteiger partial charge in [0.05, 0.1) is 0 Å². The molecule has 1 fully saturated rings. The first-order valence-corrected chi connectivity index (χ1v) is 5.52. The zero-order valence-corrected chi connectivity index (χ0v) is 9.03. The lowest BCUT2D eigenvalue weighted by molar-refractivity contribution is 0.349. The van der Waals surface area contributed by atoms with Crippen LogP contribution >= 0.6 is 0 Å². The summed E-state index contributed by atoms with van der Waals surface area (Å²) in [5, 5.41) is 7.86. The highest BCUT2D eigenvalue weighted by Crippen LogP contribution is 2.26. The Kier molecular flexibility index (Phi) is 2.75. The summed E-state index contributed by atoms with van der Waals surface area (Å²) >= 11 is 0. The van der Waals surface area contributed by atoms with Gasteiger partial charge in [0.2, 0.25) is 0 Å². The molecule has 0 radical (unpaired) electrons. The highest BCUT2D eigenvalue weighted by molar-refractivity contribution is 5.33. The number of nitrogens with one attached hydrogen (secondary N) is 1. The second-order valence-corrected chi connectivity index (χ2v) is 4.39. The van der Waals surface area contributed by atoms with E-state index in [1.165, 1.54) is 25.7 Å². The quantitative estimate of drug-likeness (QED) is 0.781. The van der Waals surface area contributed by atoms with Crippen LogP contribution in [0.2, 0.25) is 0 Å². The highest BCUT2D eigenvalue weighted by atomic mass is 15.3. The lowest BCUT2D eigenvalue weighted by atomic mass is 9.86. The molecule has 0 bridgehead atoms. The Morgan fingerprint density at radius 3 is 2.86 bits per heavy atom. The minimum Gasteiger partial charge on any atom is -0.366 e. The molecule has 14 heavy (non-hydrogen) atoms. The van der Waals surface area contributed by atoms with Gasteiger partial charge in [0.25, 0.3) is 0 Å². The first kappa shape index (κ1) is 9.56. The van der Waals surface area contributed by atoms with Gasteiger partial charge in [-0.05, 0) is 18.8 Å². The van der Waals surface area contributed by atoms with E-state index < -0.39 is 0 Å². The second-order valence-electron chi connectivity index (χ2n) is 4.39. The normalized spacial score (nSPS) is 27.6. The van der Waals surface area contributed by atoms with Crippen molar-refractivity contribution in [2.24, 2.45) is 13.0 Å². The molecular formula is C11H19N3. The van der Waals surface area contributed by atoms with Crippen molar-refractivity contribution in [3.63, 3.8) is 0 Å². The molecule has 1 aromatic heterocycles. The van der Waals surface area contributed by atoms with Crippen LogP contribution in [0.25, 0.3) is 0 Å². The summed E-state index contributed by atoms with van der Waals surface area (Å²) < 4.78 is 1.84. The number of hydrogen-bond acceptors (Lipinski definition) is 2. The largest absolute Gasteiger partial charge is 0.366 e. The van der Waals surface area contributed by atoms with Gasteiger partial charge in [-0.2, -0.15) is 5.10 Å². The first-order chi connectivity index (χ1) is 6.75. The van der Waals surface area contributed by atoms with Crippen molar-refractivity contribution in [2.75, 3.05) is 5.32 Å². The topological polar surface area (TPSA) is 29.9 Å². The molecule has 78 valence electrons. The van der Waals surface area contributed by atoms with Crippen LogP contribution in [0.4, 0.5) is 5.82 Å². The number of aromatic nitrogens is 2. The Morgan fingerprint density at radius 1 is 1.43 bits per heavy atom. The molecule has 1 aliphatic carbocycles. The SMILES string of the molecule is C[C@@H]1CCCC[C@@H]1Nc1ccn(C)n1. The van der Waals surface area contributed by atoms with E-state index in [-0.39, 0.29) is 0 Å². The van der Waals surface area contributed by atoms with E-state index in [2.05, 4.69) is 17.3 Å². The molecule has 2 atom stereocenters. The maximum absolute atomic E-state index is 4.34. The predicted molar refractivity (Wildman–Crippen MR) is 58.3 cm³/mol. The van der Waals surface area contributed by atoms with Gasteiger partial charge in [-0.3, -0.25) is 4.68 Å². The molecule has 0 saturated heterocycles. The van der Waals surface area contributed by atoms with E-state index in [9.17, 15) is 0 Å². The Balaban J connectivity index is 1.95. The molecule has 0 aromatic carbocycles. The van der Waals surface area contributed by atoms with Crippen molar-refractivity contribution >= 4 is 5.82 Å². The number of aryl methyl sites for hydroxylation is 1. The smallest absolute Gasteiger partial charge is 0.148 e. The van der Waals surface area contributed by atoms with Crippen LogP contribution in [0.15, 0.2) is 12.3 Å².